The molecule has 0 saturated heterocycles. The Bertz CT molecular complexity index is 429. The summed E-state index contributed by atoms with van der Waals surface area (Å²) in [4.78, 5) is 17.8. The van der Waals surface area contributed by atoms with Crippen LogP contribution < -0.4 is 16.6 Å². The molecular weight excluding hydrogens is 216 g/mol. The number of hydrogen-bond donors (Lipinski definition) is 3. The molecule has 1 aromatic rings. The van der Waals surface area contributed by atoms with E-state index in [-0.39, 0.29) is 11.2 Å². The van der Waals surface area contributed by atoms with E-state index < -0.39 is 0 Å². The maximum absolute atomic E-state index is 11.3. The topological polar surface area (TPSA) is 83.8 Å². The molecule has 5 nitrogen and oxygen atoms in total. The lowest BCUT2D eigenvalue weighted by atomic mass is 9.80. The molecule has 0 amide bonds. The Morgan fingerprint density at radius 3 is 3.06 bits per heavy atom. The van der Waals surface area contributed by atoms with E-state index in [0.29, 0.717) is 11.7 Å². The Kier molecular flexibility index (Phi) is 3.66. The third-order valence-corrected chi connectivity index (χ3v) is 3.71. The molecule has 2 rings (SSSR count). The van der Waals surface area contributed by atoms with Gasteiger partial charge < -0.3 is 16.0 Å². The minimum absolute atomic E-state index is 0.177. The third kappa shape index (κ3) is 2.78. The largest absolute Gasteiger partial charge is 0.391 e. The quantitative estimate of drug-likeness (QED) is 0.744. The summed E-state index contributed by atoms with van der Waals surface area (Å²) >= 11 is 0. The van der Waals surface area contributed by atoms with Gasteiger partial charge in [-0.1, -0.05) is 26.2 Å². The minimum atomic E-state index is -0.279. The van der Waals surface area contributed by atoms with Crippen LogP contribution in [0.15, 0.2) is 11.1 Å². The summed E-state index contributed by atoms with van der Waals surface area (Å²) in [5.41, 5.74) is 5.56. The van der Waals surface area contributed by atoms with Gasteiger partial charge in [0.15, 0.2) is 5.82 Å². The first kappa shape index (κ1) is 12.0. The molecule has 1 saturated carbocycles. The van der Waals surface area contributed by atoms with E-state index in [0.717, 1.165) is 12.5 Å². The van der Waals surface area contributed by atoms with Crippen LogP contribution in [0, 0.1) is 11.8 Å². The van der Waals surface area contributed by atoms with Gasteiger partial charge in [-0.2, -0.15) is 0 Å². The summed E-state index contributed by atoms with van der Waals surface area (Å²) in [7, 11) is 0. The summed E-state index contributed by atoms with van der Waals surface area (Å²) in [6.07, 6.45) is 6.56. The zero-order valence-corrected chi connectivity index (χ0v) is 10.2. The van der Waals surface area contributed by atoms with Crippen LogP contribution in [-0.2, 0) is 0 Å². The van der Waals surface area contributed by atoms with E-state index in [2.05, 4.69) is 22.2 Å². The molecule has 0 aromatic carbocycles. The van der Waals surface area contributed by atoms with Gasteiger partial charge in [-0.3, -0.25) is 4.79 Å². The zero-order chi connectivity index (χ0) is 12.3. The monoisotopic (exact) mass is 236 g/mol. The molecule has 0 bridgehead atoms. The molecule has 0 aliphatic heterocycles. The Morgan fingerprint density at radius 2 is 2.29 bits per heavy atom. The summed E-state index contributed by atoms with van der Waals surface area (Å²) in [6.45, 7) is 3.14. The standard InChI is InChI=1S/C12H20N4O/c1-8-4-2-3-5-9(8)6-14-11-10(13)12(17)16-7-15-11/h7-9H,2-6,13H2,1H3,(H2,14,15,16,17). The summed E-state index contributed by atoms with van der Waals surface area (Å²) in [6, 6.07) is 0. The summed E-state index contributed by atoms with van der Waals surface area (Å²) in [5.74, 6) is 1.90. The van der Waals surface area contributed by atoms with Crippen molar-refractivity contribution in [1.29, 1.82) is 0 Å². The molecule has 17 heavy (non-hydrogen) atoms. The van der Waals surface area contributed by atoms with Gasteiger partial charge in [0.05, 0.1) is 6.33 Å². The second kappa shape index (κ2) is 5.21. The van der Waals surface area contributed by atoms with Gasteiger partial charge in [0, 0.05) is 6.54 Å². The van der Waals surface area contributed by atoms with Crippen LogP contribution in [0.1, 0.15) is 32.6 Å². The third-order valence-electron chi connectivity index (χ3n) is 3.71. The van der Waals surface area contributed by atoms with Crippen LogP contribution in [0.25, 0.3) is 0 Å². The van der Waals surface area contributed by atoms with Gasteiger partial charge in [0.2, 0.25) is 0 Å². The van der Waals surface area contributed by atoms with Crippen LogP contribution in [0.5, 0.6) is 0 Å². The van der Waals surface area contributed by atoms with Gasteiger partial charge in [-0.05, 0) is 18.3 Å². The number of nitrogen functional groups attached to an aromatic ring is 1. The molecule has 0 spiro atoms. The Morgan fingerprint density at radius 1 is 1.53 bits per heavy atom. The molecule has 1 fully saturated rings. The molecule has 2 unspecified atom stereocenters. The summed E-state index contributed by atoms with van der Waals surface area (Å²) in [5, 5.41) is 3.20. The molecule has 4 N–H and O–H groups in total. The number of aromatic nitrogens is 2. The number of nitrogens with two attached hydrogens (primary N) is 1. The van der Waals surface area contributed by atoms with Crippen molar-refractivity contribution in [2.24, 2.45) is 11.8 Å². The van der Waals surface area contributed by atoms with Crippen LogP contribution in [0.3, 0.4) is 0 Å². The average Bonchev–Trinajstić information content (AvgIpc) is 2.33. The molecule has 1 aromatic heterocycles. The highest BCUT2D eigenvalue weighted by molar-refractivity contribution is 5.58. The van der Waals surface area contributed by atoms with Crippen molar-refractivity contribution < 1.29 is 0 Å². The fourth-order valence-corrected chi connectivity index (χ4v) is 2.48. The Balaban J connectivity index is 1.97. The van der Waals surface area contributed by atoms with Crippen LogP contribution in [-0.4, -0.2) is 16.5 Å². The fraction of sp³-hybridized carbons (Fsp3) is 0.667. The van der Waals surface area contributed by atoms with Crippen LogP contribution in [0.2, 0.25) is 0 Å². The van der Waals surface area contributed by atoms with Crippen molar-refractivity contribution in [3.63, 3.8) is 0 Å². The highest BCUT2D eigenvalue weighted by Gasteiger charge is 2.21. The van der Waals surface area contributed by atoms with E-state index in [1.807, 2.05) is 0 Å². The van der Waals surface area contributed by atoms with Crippen LogP contribution >= 0.6 is 0 Å². The highest BCUT2D eigenvalue weighted by Crippen LogP contribution is 2.29. The number of hydrogen-bond acceptors (Lipinski definition) is 4. The fourth-order valence-electron chi connectivity index (χ4n) is 2.48. The number of nitrogens with one attached hydrogen (secondary N) is 2. The maximum Gasteiger partial charge on any atom is 0.276 e. The second-order valence-corrected chi connectivity index (χ2v) is 4.90. The summed E-state index contributed by atoms with van der Waals surface area (Å²) < 4.78 is 0. The maximum atomic E-state index is 11.3. The van der Waals surface area contributed by atoms with Crippen molar-refractivity contribution in [3.05, 3.63) is 16.7 Å². The molecule has 1 heterocycles. The number of rotatable bonds is 3. The lowest BCUT2D eigenvalue weighted by molar-refractivity contribution is 0.268. The lowest BCUT2D eigenvalue weighted by Gasteiger charge is -2.29. The Hall–Kier alpha value is -1.52. The lowest BCUT2D eigenvalue weighted by Crippen LogP contribution is -2.26. The molecule has 5 heteroatoms. The SMILES string of the molecule is CC1CCCCC1CNc1nc[nH]c(=O)c1N. The molecule has 0 radical (unpaired) electrons. The number of H-pyrrole nitrogens is 1. The smallest absolute Gasteiger partial charge is 0.276 e. The molecule has 1 aliphatic rings. The van der Waals surface area contributed by atoms with Crippen molar-refractivity contribution in [2.75, 3.05) is 17.6 Å². The van der Waals surface area contributed by atoms with Crippen molar-refractivity contribution in [2.45, 2.75) is 32.6 Å². The number of anilines is 2. The van der Waals surface area contributed by atoms with Gasteiger partial charge in [-0.15, -0.1) is 0 Å². The van der Waals surface area contributed by atoms with Crippen molar-refractivity contribution in [1.82, 2.24) is 9.97 Å². The molecular formula is C12H20N4O. The molecule has 94 valence electrons. The van der Waals surface area contributed by atoms with E-state index in [4.69, 9.17) is 5.73 Å². The zero-order valence-electron chi connectivity index (χ0n) is 10.2. The predicted molar refractivity (Wildman–Crippen MR) is 68.9 cm³/mol. The van der Waals surface area contributed by atoms with E-state index in [1.54, 1.807) is 0 Å². The highest BCUT2D eigenvalue weighted by atomic mass is 16.1. The van der Waals surface area contributed by atoms with Crippen molar-refractivity contribution >= 4 is 11.5 Å². The first-order valence-corrected chi connectivity index (χ1v) is 6.25. The van der Waals surface area contributed by atoms with Crippen molar-refractivity contribution in [3.8, 4) is 0 Å². The minimum Gasteiger partial charge on any atom is -0.391 e. The van der Waals surface area contributed by atoms with Gasteiger partial charge >= 0.3 is 0 Å². The normalized spacial score (nSPS) is 24.5. The van der Waals surface area contributed by atoms with Gasteiger partial charge in [0.25, 0.3) is 5.56 Å². The molecule has 1 aliphatic carbocycles. The Labute approximate surface area is 101 Å². The van der Waals surface area contributed by atoms with E-state index in [9.17, 15) is 4.79 Å². The van der Waals surface area contributed by atoms with E-state index >= 15 is 0 Å². The number of aromatic amines is 1. The van der Waals surface area contributed by atoms with Gasteiger partial charge in [-0.25, -0.2) is 4.98 Å². The van der Waals surface area contributed by atoms with E-state index in [1.165, 1.54) is 32.0 Å². The predicted octanol–water partition coefficient (Wildman–Crippen LogP) is 1.59. The average molecular weight is 236 g/mol. The van der Waals surface area contributed by atoms with Gasteiger partial charge in [0.1, 0.15) is 5.69 Å². The first-order chi connectivity index (χ1) is 8.18. The van der Waals surface area contributed by atoms with Crippen LogP contribution in [0.4, 0.5) is 11.5 Å². The number of nitrogens with zero attached hydrogens (tertiary/aromatic N) is 1. The molecule has 2 atom stereocenters. The first-order valence-electron chi connectivity index (χ1n) is 6.25. The second-order valence-electron chi connectivity index (χ2n) is 4.90.